The van der Waals surface area contributed by atoms with E-state index in [4.69, 9.17) is 0 Å². The number of nitrogens with zero attached hydrogens (tertiary/aromatic N) is 1. The van der Waals surface area contributed by atoms with Crippen LogP contribution in [0.1, 0.15) is 45.2 Å². The highest BCUT2D eigenvalue weighted by atomic mass is 16.2. The van der Waals surface area contributed by atoms with E-state index in [1.165, 1.54) is 0 Å². The maximum atomic E-state index is 12.4. The Kier molecular flexibility index (Phi) is 4.20. The minimum absolute atomic E-state index is 0.00928. The first kappa shape index (κ1) is 14.0. The second kappa shape index (κ2) is 5.70. The van der Waals surface area contributed by atoms with E-state index in [0.717, 1.165) is 24.9 Å². The van der Waals surface area contributed by atoms with Crippen molar-refractivity contribution in [2.75, 3.05) is 6.54 Å². The molecular formula is C15H23N3O. The number of hydrogen-bond acceptors (Lipinski definition) is 3. The molecule has 1 unspecified atom stereocenters. The smallest absolute Gasteiger partial charge is 0.238 e. The third kappa shape index (κ3) is 3.32. The van der Waals surface area contributed by atoms with Gasteiger partial charge in [-0.15, -0.1) is 0 Å². The Labute approximate surface area is 115 Å². The summed E-state index contributed by atoms with van der Waals surface area (Å²) >= 11 is 0. The van der Waals surface area contributed by atoms with Crippen LogP contribution in [0.15, 0.2) is 24.5 Å². The van der Waals surface area contributed by atoms with E-state index in [1.807, 2.05) is 19.1 Å². The molecule has 4 nitrogen and oxygen atoms in total. The van der Waals surface area contributed by atoms with Crippen molar-refractivity contribution in [1.82, 2.24) is 15.6 Å². The molecule has 2 heterocycles. The lowest BCUT2D eigenvalue weighted by atomic mass is 9.77. The molecule has 104 valence electrons. The molecule has 1 aliphatic heterocycles. The third-order valence-electron chi connectivity index (χ3n) is 3.95. The van der Waals surface area contributed by atoms with E-state index >= 15 is 0 Å². The minimum Gasteiger partial charge on any atom is -0.348 e. The van der Waals surface area contributed by atoms with Gasteiger partial charge in [0.1, 0.15) is 0 Å². The van der Waals surface area contributed by atoms with Crippen molar-refractivity contribution in [1.29, 1.82) is 0 Å². The first-order valence-corrected chi connectivity index (χ1v) is 6.94. The lowest BCUT2D eigenvalue weighted by Crippen LogP contribution is -2.55. The number of rotatable bonds is 3. The van der Waals surface area contributed by atoms with Gasteiger partial charge in [0, 0.05) is 12.4 Å². The Morgan fingerprint density at radius 3 is 2.79 bits per heavy atom. The van der Waals surface area contributed by atoms with Gasteiger partial charge >= 0.3 is 0 Å². The van der Waals surface area contributed by atoms with E-state index in [1.54, 1.807) is 12.4 Å². The molecule has 4 heteroatoms. The quantitative estimate of drug-likeness (QED) is 0.875. The normalized spacial score (nSPS) is 23.6. The predicted octanol–water partition coefficient (Wildman–Crippen LogP) is 2.04. The lowest BCUT2D eigenvalue weighted by molar-refractivity contribution is -0.127. The maximum Gasteiger partial charge on any atom is 0.238 e. The molecule has 1 saturated heterocycles. The molecule has 1 aromatic rings. The molecule has 19 heavy (non-hydrogen) atoms. The van der Waals surface area contributed by atoms with Crippen LogP contribution >= 0.6 is 0 Å². The molecule has 2 rings (SSSR count). The third-order valence-corrected chi connectivity index (χ3v) is 3.95. The molecule has 2 atom stereocenters. The SMILES string of the molecule is C[C@H](NC(=O)C1NCCCC1(C)C)c1ccncc1. The zero-order valence-corrected chi connectivity index (χ0v) is 11.9. The largest absolute Gasteiger partial charge is 0.348 e. The van der Waals surface area contributed by atoms with E-state index in [0.29, 0.717) is 0 Å². The number of nitrogens with one attached hydrogen (secondary N) is 2. The Bertz CT molecular complexity index is 430. The molecule has 1 fully saturated rings. The summed E-state index contributed by atoms with van der Waals surface area (Å²) in [6.07, 6.45) is 5.72. The van der Waals surface area contributed by atoms with E-state index in [-0.39, 0.29) is 23.4 Å². The highest BCUT2D eigenvalue weighted by molar-refractivity contribution is 5.83. The highest BCUT2D eigenvalue weighted by Crippen LogP contribution is 2.30. The minimum atomic E-state index is -0.106. The van der Waals surface area contributed by atoms with Gasteiger partial charge in [-0.05, 0) is 49.4 Å². The second-order valence-electron chi connectivity index (χ2n) is 5.99. The number of hydrogen-bond donors (Lipinski definition) is 2. The summed E-state index contributed by atoms with van der Waals surface area (Å²) in [5.41, 5.74) is 1.09. The van der Waals surface area contributed by atoms with Gasteiger partial charge < -0.3 is 10.6 Å². The van der Waals surface area contributed by atoms with Crippen LogP contribution in [0, 0.1) is 5.41 Å². The molecule has 2 N–H and O–H groups in total. The number of carbonyl (C=O) groups is 1. The van der Waals surface area contributed by atoms with Crippen LogP contribution in [-0.4, -0.2) is 23.5 Å². The average Bonchev–Trinajstić information content (AvgIpc) is 2.39. The van der Waals surface area contributed by atoms with Gasteiger partial charge in [-0.3, -0.25) is 9.78 Å². The first-order chi connectivity index (χ1) is 9.00. The molecule has 1 aromatic heterocycles. The van der Waals surface area contributed by atoms with Crippen molar-refractivity contribution >= 4 is 5.91 Å². The number of pyridine rings is 1. The molecule has 0 spiro atoms. The molecule has 1 aliphatic rings. The first-order valence-electron chi connectivity index (χ1n) is 6.94. The van der Waals surface area contributed by atoms with Crippen molar-refractivity contribution < 1.29 is 4.79 Å². The standard InChI is InChI=1S/C15H23N3O/c1-11(12-5-9-16-10-6-12)18-14(19)13-15(2,3)7-4-8-17-13/h5-6,9-11,13,17H,4,7-8H2,1-3H3,(H,18,19)/t11-,13?/m0/s1. The molecule has 0 aliphatic carbocycles. The summed E-state index contributed by atoms with van der Waals surface area (Å²) in [5.74, 6) is 0.0917. The van der Waals surface area contributed by atoms with Gasteiger partial charge in [-0.1, -0.05) is 13.8 Å². The van der Waals surface area contributed by atoms with Crippen molar-refractivity contribution in [3.63, 3.8) is 0 Å². The van der Waals surface area contributed by atoms with E-state index in [2.05, 4.69) is 29.5 Å². The average molecular weight is 261 g/mol. The number of amides is 1. The number of carbonyl (C=O) groups excluding carboxylic acids is 1. The summed E-state index contributed by atoms with van der Waals surface area (Å²) in [6.45, 7) is 7.23. The predicted molar refractivity (Wildman–Crippen MR) is 75.6 cm³/mol. The van der Waals surface area contributed by atoms with E-state index < -0.39 is 0 Å². The molecule has 1 amide bonds. The van der Waals surface area contributed by atoms with Crippen molar-refractivity contribution in [3.05, 3.63) is 30.1 Å². The Hall–Kier alpha value is -1.42. The van der Waals surface area contributed by atoms with Crippen molar-refractivity contribution in [2.24, 2.45) is 5.41 Å². The van der Waals surface area contributed by atoms with Gasteiger partial charge in [0.2, 0.25) is 5.91 Å². The Morgan fingerprint density at radius 1 is 1.47 bits per heavy atom. The molecule has 0 aromatic carbocycles. The van der Waals surface area contributed by atoms with E-state index in [9.17, 15) is 4.79 Å². The van der Waals surface area contributed by atoms with Crippen LogP contribution in [0.3, 0.4) is 0 Å². The number of piperidine rings is 1. The van der Waals surface area contributed by atoms with Gasteiger partial charge in [-0.2, -0.15) is 0 Å². The van der Waals surface area contributed by atoms with Crippen LogP contribution in [-0.2, 0) is 4.79 Å². The summed E-state index contributed by atoms with van der Waals surface area (Å²) < 4.78 is 0. The molecule has 0 bridgehead atoms. The summed E-state index contributed by atoms with van der Waals surface area (Å²) in [7, 11) is 0. The fourth-order valence-electron chi connectivity index (χ4n) is 2.69. The summed E-state index contributed by atoms with van der Waals surface area (Å²) in [4.78, 5) is 16.4. The Balaban J connectivity index is 2.01. The van der Waals surface area contributed by atoms with Crippen molar-refractivity contribution in [2.45, 2.75) is 45.7 Å². The maximum absolute atomic E-state index is 12.4. The highest BCUT2D eigenvalue weighted by Gasteiger charge is 2.37. The van der Waals surface area contributed by atoms with Crippen LogP contribution in [0.25, 0.3) is 0 Å². The molecule has 0 saturated carbocycles. The zero-order valence-electron chi connectivity index (χ0n) is 11.9. The topological polar surface area (TPSA) is 54.0 Å². The number of aromatic nitrogens is 1. The second-order valence-corrected chi connectivity index (χ2v) is 5.99. The van der Waals surface area contributed by atoms with Crippen molar-refractivity contribution in [3.8, 4) is 0 Å². The molecular weight excluding hydrogens is 238 g/mol. The van der Waals surface area contributed by atoms with Gasteiger partial charge in [0.15, 0.2) is 0 Å². The van der Waals surface area contributed by atoms with Crippen LogP contribution in [0.5, 0.6) is 0 Å². The van der Waals surface area contributed by atoms with Gasteiger partial charge in [0.25, 0.3) is 0 Å². The molecule has 0 radical (unpaired) electrons. The monoisotopic (exact) mass is 261 g/mol. The lowest BCUT2D eigenvalue weighted by Gasteiger charge is -2.38. The van der Waals surface area contributed by atoms with Crippen LogP contribution < -0.4 is 10.6 Å². The summed E-state index contributed by atoms with van der Waals surface area (Å²) in [5, 5.41) is 6.43. The summed E-state index contributed by atoms with van der Waals surface area (Å²) in [6, 6.07) is 3.77. The van der Waals surface area contributed by atoms with Crippen LogP contribution in [0.2, 0.25) is 0 Å². The fourth-order valence-corrected chi connectivity index (χ4v) is 2.69. The Morgan fingerprint density at radius 2 is 2.16 bits per heavy atom. The zero-order chi connectivity index (χ0) is 13.9. The fraction of sp³-hybridized carbons (Fsp3) is 0.600. The van der Waals surface area contributed by atoms with Gasteiger partial charge in [-0.25, -0.2) is 0 Å². The van der Waals surface area contributed by atoms with Gasteiger partial charge in [0.05, 0.1) is 12.1 Å². The van der Waals surface area contributed by atoms with Crippen LogP contribution in [0.4, 0.5) is 0 Å².